The molecule has 6 N–H and O–H groups in total. The molecule has 0 fully saturated rings. The number of guanidine groups is 2. The molecule has 0 aromatic heterocycles. The normalized spacial score (nSPS) is 11.1. The van der Waals surface area contributed by atoms with Crippen molar-refractivity contribution in [1.82, 2.24) is 0 Å². The van der Waals surface area contributed by atoms with E-state index in [2.05, 4.69) is 25.9 Å². The predicted octanol–water partition coefficient (Wildman–Crippen LogP) is 0.986. The summed E-state index contributed by atoms with van der Waals surface area (Å²) in [7, 11) is 1.55. The van der Waals surface area contributed by atoms with Gasteiger partial charge in [-0.2, -0.15) is 4.99 Å². The summed E-state index contributed by atoms with van der Waals surface area (Å²) in [6, 6.07) is 3.64. The van der Waals surface area contributed by atoms with Crippen molar-refractivity contribution in [3.05, 3.63) is 22.2 Å². The van der Waals surface area contributed by atoms with E-state index in [0.717, 1.165) is 10.0 Å². The molecular formula is C10H14BrN5O. The standard InChI is InChI=1S/C10H14BrN5O/c1-5-6(11)3-4-7(17-2)8(5)15-10(14)16-9(12)13/h3-4H,1-2H3,(H6,12,13,14,15,16). The number of hydrogen-bond donors (Lipinski definition) is 3. The number of nitrogens with zero attached hydrogens (tertiary/aromatic N) is 2. The van der Waals surface area contributed by atoms with Crippen LogP contribution in [-0.2, 0) is 0 Å². The Morgan fingerprint density at radius 1 is 1.29 bits per heavy atom. The molecule has 0 aliphatic rings. The maximum Gasteiger partial charge on any atom is 0.223 e. The van der Waals surface area contributed by atoms with Crippen molar-refractivity contribution in [2.24, 2.45) is 27.2 Å². The van der Waals surface area contributed by atoms with Gasteiger partial charge in [0.1, 0.15) is 11.4 Å². The van der Waals surface area contributed by atoms with E-state index in [1.165, 1.54) is 0 Å². The van der Waals surface area contributed by atoms with Gasteiger partial charge in [0.15, 0.2) is 5.96 Å². The highest BCUT2D eigenvalue weighted by Gasteiger charge is 2.09. The van der Waals surface area contributed by atoms with Crippen LogP contribution in [0.15, 0.2) is 26.6 Å². The van der Waals surface area contributed by atoms with Crippen molar-refractivity contribution in [1.29, 1.82) is 0 Å². The molecule has 0 heterocycles. The van der Waals surface area contributed by atoms with Crippen molar-refractivity contribution in [2.45, 2.75) is 6.92 Å². The molecule has 1 aromatic rings. The Morgan fingerprint density at radius 2 is 1.94 bits per heavy atom. The Bertz CT molecular complexity index is 480. The molecule has 92 valence electrons. The van der Waals surface area contributed by atoms with Gasteiger partial charge in [-0.05, 0) is 24.6 Å². The molecule has 0 bridgehead atoms. The lowest BCUT2D eigenvalue weighted by molar-refractivity contribution is 0.416. The van der Waals surface area contributed by atoms with Crippen LogP contribution in [0.2, 0.25) is 0 Å². The minimum atomic E-state index is -0.141. The molecule has 7 heteroatoms. The Morgan fingerprint density at radius 3 is 2.47 bits per heavy atom. The van der Waals surface area contributed by atoms with Crippen LogP contribution in [0.25, 0.3) is 0 Å². The van der Waals surface area contributed by atoms with E-state index in [1.54, 1.807) is 13.2 Å². The molecule has 0 radical (unpaired) electrons. The monoisotopic (exact) mass is 299 g/mol. The average Bonchev–Trinajstić information content (AvgIpc) is 2.24. The van der Waals surface area contributed by atoms with Crippen LogP contribution in [0, 0.1) is 6.92 Å². The first-order valence-electron chi connectivity index (χ1n) is 4.72. The number of halogens is 1. The van der Waals surface area contributed by atoms with Gasteiger partial charge < -0.3 is 21.9 Å². The molecule has 17 heavy (non-hydrogen) atoms. The highest BCUT2D eigenvalue weighted by molar-refractivity contribution is 9.10. The molecule has 6 nitrogen and oxygen atoms in total. The Labute approximate surface area is 108 Å². The number of hydrogen-bond acceptors (Lipinski definition) is 2. The molecule has 1 aromatic carbocycles. The lowest BCUT2D eigenvalue weighted by Gasteiger charge is -2.09. The smallest absolute Gasteiger partial charge is 0.223 e. The third-order valence-electron chi connectivity index (χ3n) is 2.02. The Balaban J connectivity index is 3.30. The number of benzene rings is 1. The van der Waals surface area contributed by atoms with Gasteiger partial charge in [-0.1, -0.05) is 15.9 Å². The fourth-order valence-electron chi connectivity index (χ4n) is 1.23. The number of ether oxygens (including phenoxy) is 1. The first kappa shape index (κ1) is 13.3. The van der Waals surface area contributed by atoms with Crippen LogP contribution in [0.5, 0.6) is 5.75 Å². The first-order chi connectivity index (χ1) is 7.95. The molecule has 0 aliphatic carbocycles. The van der Waals surface area contributed by atoms with Crippen molar-refractivity contribution in [3.63, 3.8) is 0 Å². The molecule has 0 saturated heterocycles. The minimum Gasteiger partial charge on any atom is -0.494 e. The molecule has 1 rings (SSSR count). The SMILES string of the molecule is COc1ccc(Br)c(C)c1N=C(N)N=C(N)N. The maximum absolute atomic E-state index is 5.58. The van der Waals surface area contributed by atoms with E-state index in [9.17, 15) is 0 Å². The summed E-state index contributed by atoms with van der Waals surface area (Å²) in [5.74, 6) is 0.432. The van der Waals surface area contributed by atoms with Gasteiger partial charge >= 0.3 is 0 Å². The summed E-state index contributed by atoms with van der Waals surface area (Å²) < 4.78 is 6.09. The minimum absolute atomic E-state index is 0.0236. The van der Waals surface area contributed by atoms with Gasteiger partial charge in [0.05, 0.1) is 7.11 Å². The van der Waals surface area contributed by atoms with E-state index >= 15 is 0 Å². The molecule has 0 saturated carbocycles. The van der Waals surface area contributed by atoms with E-state index in [1.807, 2.05) is 13.0 Å². The molecule has 0 amide bonds. The highest BCUT2D eigenvalue weighted by Crippen LogP contribution is 2.35. The van der Waals surface area contributed by atoms with E-state index in [0.29, 0.717) is 11.4 Å². The first-order valence-corrected chi connectivity index (χ1v) is 5.52. The fraction of sp³-hybridized carbons (Fsp3) is 0.200. The number of aliphatic imine (C=N–C) groups is 2. The summed E-state index contributed by atoms with van der Waals surface area (Å²) in [5, 5.41) is 0. The third kappa shape index (κ3) is 3.35. The largest absolute Gasteiger partial charge is 0.494 e. The second-order valence-corrected chi connectivity index (χ2v) is 4.08. The summed E-state index contributed by atoms with van der Waals surface area (Å²) >= 11 is 3.40. The van der Waals surface area contributed by atoms with Gasteiger partial charge in [0.25, 0.3) is 0 Å². The van der Waals surface area contributed by atoms with Gasteiger partial charge in [-0.3, -0.25) is 0 Å². The highest BCUT2D eigenvalue weighted by atomic mass is 79.9. The average molecular weight is 300 g/mol. The summed E-state index contributed by atoms with van der Waals surface area (Å²) in [4.78, 5) is 7.77. The summed E-state index contributed by atoms with van der Waals surface area (Å²) in [5.41, 5.74) is 17.5. The number of rotatable bonds is 2. The Hall–Kier alpha value is -1.76. The van der Waals surface area contributed by atoms with Crippen LogP contribution < -0.4 is 21.9 Å². The maximum atomic E-state index is 5.58. The van der Waals surface area contributed by atoms with Crippen LogP contribution >= 0.6 is 15.9 Å². The number of methoxy groups -OCH3 is 1. The molecular weight excluding hydrogens is 286 g/mol. The van der Waals surface area contributed by atoms with E-state index < -0.39 is 0 Å². The molecule has 0 atom stereocenters. The summed E-state index contributed by atoms with van der Waals surface area (Å²) in [6.07, 6.45) is 0. The fourth-order valence-corrected chi connectivity index (χ4v) is 1.55. The second-order valence-electron chi connectivity index (χ2n) is 3.23. The lowest BCUT2D eigenvalue weighted by Crippen LogP contribution is -2.26. The second kappa shape index (κ2) is 5.53. The molecule has 0 unspecified atom stereocenters. The van der Waals surface area contributed by atoms with Gasteiger partial charge in [0, 0.05) is 4.47 Å². The zero-order valence-corrected chi connectivity index (χ0v) is 11.2. The van der Waals surface area contributed by atoms with Crippen LogP contribution in [0.4, 0.5) is 5.69 Å². The van der Waals surface area contributed by atoms with Crippen LogP contribution in [0.1, 0.15) is 5.56 Å². The summed E-state index contributed by atoms with van der Waals surface area (Å²) in [6.45, 7) is 1.88. The predicted molar refractivity (Wildman–Crippen MR) is 72.5 cm³/mol. The van der Waals surface area contributed by atoms with Crippen LogP contribution in [-0.4, -0.2) is 19.0 Å². The lowest BCUT2D eigenvalue weighted by atomic mass is 10.2. The van der Waals surface area contributed by atoms with Crippen molar-refractivity contribution < 1.29 is 4.74 Å². The van der Waals surface area contributed by atoms with E-state index in [4.69, 9.17) is 21.9 Å². The van der Waals surface area contributed by atoms with Crippen molar-refractivity contribution in [2.75, 3.05) is 7.11 Å². The van der Waals surface area contributed by atoms with E-state index in [-0.39, 0.29) is 11.9 Å². The zero-order chi connectivity index (χ0) is 13.0. The Kier molecular flexibility index (Phi) is 4.33. The van der Waals surface area contributed by atoms with Gasteiger partial charge in [-0.25, -0.2) is 4.99 Å². The van der Waals surface area contributed by atoms with Gasteiger partial charge in [0.2, 0.25) is 5.96 Å². The number of nitrogens with two attached hydrogens (primary N) is 3. The quantitative estimate of drug-likeness (QED) is 0.558. The molecule has 0 spiro atoms. The zero-order valence-electron chi connectivity index (χ0n) is 9.57. The van der Waals surface area contributed by atoms with Crippen molar-refractivity contribution in [3.8, 4) is 5.75 Å². The topological polar surface area (TPSA) is 112 Å². The van der Waals surface area contributed by atoms with Crippen LogP contribution in [0.3, 0.4) is 0 Å². The van der Waals surface area contributed by atoms with Crippen molar-refractivity contribution >= 4 is 33.5 Å². The molecule has 0 aliphatic heterocycles. The third-order valence-corrected chi connectivity index (χ3v) is 2.88. The van der Waals surface area contributed by atoms with Gasteiger partial charge in [-0.15, -0.1) is 0 Å².